The lowest BCUT2D eigenvalue weighted by Gasteiger charge is -2.12. The summed E-state index contributed by atoms with van der Waals surface area (Å²) in [7, 11) is 1.48. The number of hydrogen-bond donors (Lipinski definition) is 0. The van der Waals surface area contributed by atoms with Crippen LogP contribution in [0.5, 0.6) is 11.5 Å². The summed E-state index contributed by atoms with van der Waals surface area (Å²) >= 11 is 12.1. The number of nitrogens with zero attached hydrogens (tertiary/aromatic N) is 2. The van der Waals surface area contributed by atoms with Crippen molar-refractivity contribution in [2.75, 3.05) is 13.7 Å². The molecule has 0 fully saturated rings. The molecular weight excluding hydrogens is 435 g/mol. The fraction of sp³-hybridized carbons (Fsp3) is 0.200. The number of esters is 1. The number of cyclic esters (lactones) is 1. The summed E-state index contributed by atoms with van der Waals surface area (Å²) in [6.45, 7) is 2.44. The zero-order valence-corrected chi connectivity index (χ0v) is 17.5. The molecule has 1 aliphatic rings. The minimum atomic E-state index is -0.705. The van der Waals surface area contributed by atoms with E-state index in [0.717, 1.165) is 6.42 Å². The molecule has 0 saturated carbocycles. The van der Waals surface area contributed by atoms with Crippen LogP contribution in [0, 0.1) is 10.1 Å². The van der Waals surface area contributed by atoms with Gasteiger partial charge in [-0.1, -0.05) is 30.1 Å². The minimum Gasteiger partial charge on any atom is -0.493 e. The first-order valence-electron chi connectivity index (χ1n) is 8.81. The van der Waals surface area contributed by atoms with E-state index in [1.807, 2.05) is 6.92 Å². The van der Waals surface area contributed by atoms with E-state index in [1.54, 1.807) is 12.1 Å². The number of carbonyl (C=O) groups is 1. The lowest BCUT2D eigenvalue weighted by molar-refractivity contribution is -0.384. The Kier molecular flexibility index (Phi) is 6.59. The highest BCUT2D eigenvalue weighted by Gasteiger charge is 2.26. The molecule has 2 aromatic rings. The topological polar surface area (TPSA) is 100 Å². The van der Waals surface area contributed by atoms with Crippen molar-refractivity contribution in [1.82, 2.24) is 0 Å². The van der Waals surface area contributed by atoms with E-state index in [4.69, 9.17) is 37.4 Å². The molecule has 1 aliphatic heterocycles. The normalized spacial score (nSPS) is 14.5. The Balaban J connectivity index is 1.96. The molecule has 0 aromatic heterocycles. The summed E-state index contributed by atoms with van der Waals surface area (Å²) in [5.41, 5.74) is 0.481. The third-order valence-corrected chi connectivity index (χ3v) is 4.62. The number of ether oxygens (including phenoxy) is 3. The molecule has 0 aliphatic carbocycles. The van der Waals surface area contributed by atoms with E-state index in [0.29, 0.717) is 28.7 Å². The average Bonchev–Trinajstić information content (AvgIpc) is 3.07. The molecule has 0 radical (unpaired) electrons. The van der Waals surface area contributed by atoms with Crippen LogP contribution < -0.4 is 9.47 Å². The Bertz CT molecular complexity index is 1080. The van der Waals surface area contributed by atoms with Crippen molar-refractivity contribution < 1.29 is 23.9 Å². The van der Waals surface area contributed by atoms with Crippen molar-refractivity contribution in [3.8, 4) is 11.5 Å². The number of carbonyl (C=O) groups excluding carboxylic acids is 1. The zero-order chi connectivity index (χ0) is 21.8. The molecular formula is C20H16Cl2N2O6. The summed E-state index contributed by atoms with van der Waals surface area (Å²) in [4.78, 5) is 26.8. The van der Waals surface area contributed by atoms with Crippen molar-refractivity contribution in [1.29, 1.82) is 0 Å². The summed E-state index contributed by atoms with van der Waals surface area (Å²) in [5.74, 6) is 0.0532. The van der Waals surface area contributed by atoms with E-state index < -0.39 is 10.9 Å². The van der Waals surface area contributed by atoms with Gasteiger partial charge in [0.25, 0.3) is 5.69 Å². The third kappa shape index (κ3) is 4.55. The third-order valence-electron chi connectivity index (χ3n) is 4.02. The summed E-state index contributed by atoms with van der Waals surface area (Å²) < 4.78 is 16.1. The highest BCUT2D eigenvalue weighted by Crippen LogP contribution is 2.37. The summed E-state index contributed by atoms with van der Waals surface area (Å²) in [5, 5.41) is 11.4. The lowest BCUT2D eigenvalue weighted by Crippen LogP contribution is -2.06. The number of rotatable bonds is 7. The number of nitro groups is 1. The molecule has 0 saturated heterocycles. The van der Waals surface area contributed by atoms with Crippen LogP contribution in [0.1, 0.15) is 24.5 Å². The van der Waals surface area contributed by atoms with Crippen LogP contribution in [-0.4, -0.2) is 30.5 Å². The van der Waals surface area contributed by atoms with Crippen LogP contribution in [0.3, 0.4) is 0 Å². The maximum Gasteiger partial charge on any atom is 0.363 e. The first kappa shape index (κ1) is 21.6. The lowest BCUT2D eigenvalue weighted by atomic mass is 10.1. The Morgan fingerprint density at radius 3 is 2.67 bits per heavy atom. The van der Waals surface area contributed by atoms with Crippen LogP contribution in [0.25, 0.3) is 6.08 Å². The second kappa shape index (κ2) is 9.15. The molecule has 1 heterocycles. The molecule has 0 unspecified atom stereocenters. The SMILES string of the molecule is CCCOc1c(Cl)cc(/C=C2\N=C(c3ccc(Cl)c([N+](=O)[O-])c3)OC2=O)cc1OC. The van der Waals surface area contributed by atoms with Gasteiger partial charge in [-0.3, -0.25) is 10.1 Å². The number of hydrogen-bond acceptors (Lipinski definition) is 7. The van der Waals surface area contributed by atoms with Gasteiger partial charge in [-0.25, -0.2) is 9.79 Å². The van der Waals surface area contributed by atoms with E-state index >= 15 is 0 Å². The van der Waals surface area contributed by atoms with Crippen molar-refractivity contribution in [3.05, 3.63) is 67.3 Å². The smallest absolute Gasteiger partial charge is 0.363 e. The fourth-order valence-corrected chi connectivity index (χ4v) is 3.10. The summed E-state index contributed by atoms with van der Waals surface area (Å²) in [6.07, 6.45) is 2.27. The average molecular weight is 451 g/mol. The van der Waals surface area contributed by atoms with Gasteiger partial charge >= 0.3 is 5.97 Å². The Morgan fingerprint density at radius 1 is 1.23 bits per heavy atom. The number of benzene rings is 2. The van der Waals surface area contributed by atoms with Crippen LogP contribution in [-0.2, 0) is 9.53 Å². The molecule has 0 spiro atoms. The highest BCUT2D eigenvalue weighted by molar-refractivity contribution is 6.33. The molecule has 30 heavy (non-hydrogen) atoms. The van der Waals surface area contributed by atoms with Gasteiger partial charge < -0.3 is 14.2 Å². The molecule has 156 valence electrons. The Labute approximate surface area is 181 Å². The van der Waals surface area contributed by atoms with Gasteiger partial charge in [0.15, 0.2) is 17.2 Å². The number of nitro benzene ring substituents is 1. The first-order valence-corrected chi connectivity index (χ1v) is 9.56. The van der Waals surface area contributed by atoms with Gasteiger partial charge in [0.2, 0.25) is 5.90 Å². The maximum absolute atomic E-state index is 12.2. The second-order valence-electron chi connectivity index (χ2n) is 6.14. The quantitative estimate of drug-likeness (QED) is 0.253. The van der Waals surface area contributed by atoms with E-state index in [9.17, 15) is 14.9 Å². The molecule has 0 amide bonds. The molecule has 10 heteroatoms. The minimum absolute atomic E-state index is 0.00273. The monoisotopic (exact) mass is 450 g/mol. The zero-order valence-electron chi connectivity index (χ0n) is 16.0. The standard InChI is InChI=1S/C20H16Cl2N2O6/c1-3-6-29-18-14(22)7-11(9-17(18)28-2)8-15-20(25)30-19(23-15)12-4-5-13(21)16(10-12)24(26)27/h4-5,7-10H,3,6H2,1-2H3/b15-8-. The van der Waals surface area contributed by atoms with E-state index in [-0.39, 0.29) is 27.9 Å². The second-order valence-corrected chi connectivity index (χ2v) is 6.96. The van der Waals surface area contributed by atoms with Gasteiger partial charge in [-0.05, 0) is 42.3 Å². The van der Waals surface area contributed by atoms with Gasteiger partial charge in [0, 0.05) is 11.6 Å². The largest absolute Gasteiger partial charge is 0.493 e. The number of halogens is 2. The highest BCUT2D eigenvalue weighted by atomic mass is 35.5. The summed E-state index contributed by atoms with van der Waals surface area (Å²) in [6, 6.07) is 7.27. The number of methoxy groups -OCH3 is 1. The van der Waals surface area contributed by atoms with Gasteiger partial charge in [0.1, 0.15) is 5.02 Å². The molecule has 0 atom stereocenters. The Morgan fingerprint density at radius 2 is 2.00 bits per heavy atom. The van der Waals surface area contributed by atoms with E-state index in [2.05, 4.69) is 4.99 Å². The molecule has 2 aromatic carbocycles. The molecule has 0 N–H and O–H groups in total. The predicted octanol–water partition coefficient (Wildman–Crippen LogP) is 5.04. The van der Waals surface area contributed by atoms with Crippen molar-refractivity contribution in [3.63, 3.8) is 0 Å². The van der Waals surface area contributed by atoms with Crippen LogP contribution in [0.4, 0.5) is 5.69 Å². The number of aliphatic imine (C=N–C) groups is 1. The van der Waals surface area contributed by atoms with Crippen LogP contribution in [0.15, 0.2) is 41.0 Å². The molecule has 3 rings (SSSR count). The fourth-order valence-electron chi connectivity index (χ4n) is 2.64. The first-order chi connectivity index (χ1) is 14.3. The maximum atomic E-state index is 12.2. The Hall–Kier alpha value is -3.10. The van der Waals surface area contributed by atoms with Crippen LogP contribution >= 0.6 is 23.2 Å². The van der Waals surface area contributed by atoms with E-state index in [1.165, 1.54) is 31.4 Å². The molecule has 0 bridgehead atoms. The molecule has 8 nitrogen and oxygen atoms in total. The van der Waals surface area contributed by atoms with Gasteiger partial charge in [0.05, 0.1) is 23.7 Å². The van der Waals surface area contributed by atoms with Crippen molar-refractivity contribution >= 4 is 46.8 Å². The van der Waals surface area contributed by atoms with Crippen LogP contribution in [0.2, 0.25) is 10.0 Å². The van der Waals surface area contributed by atoms with Gasteiger partial charge in [-0.15, -0.1) is 0 Å². The van der Waals surface area contributed by atoms with Gasteiger partial charge in [-0.2, -0.15) is 0 Å². The predicted molar refractivity (Wildman–Crippen MR) is 113 cm³/mol. The van der Waals surface area contributed by atoms with Crippen molar-refractivity contribution in [2.45, 2.75) is 13.3 Å². The van der Waals surface area contributed by atoms with Crippen molar-refractivity contribution in [2.24, 2.45) is 4.99 Å².